The Morgan fingerprint density at radius 2 is 1.49 bits per heavy atom. The molecule has 0 radical (unpaired) electrons. The Morgan fingerprint density at radius 1 is 0.844 bits per heavy atom. The van der Waals surface area contributed by atoms with E-state index in [-0.39, 0.29) is 40.6 Å². The van der Waals surface area contributed by atoms with Gasteiger partial charge < -0.3 is 19.7 Å². The van der Waals surface area contributed by atoms with Gasteiger partial charge in [0.1, 0.15) is 24.2 Å². The van der Waals surface area contributed by atoms with Crippen molar-refractivity contribution in [3.8, 4) is 11.5 Å². The van der Waals surface area contributed by atoms with E-state index in [4.69, 9.17) is 9.47 Å². The Hall–Kier alpha value is -4.97. The summed E-state index contributed by atoms with van der Waals surface area (Å²) in [6.07, 6.45) is 0.0691. The smallest absolute Gasteiger partial charge is 0.264 e. The maximum Gasteiger partial charge on any atom is 0.264 e. The molecule has 236 valence electrons. The summed E-state index contributed by atoms with van der Waals surface area (Å²) in [6, 6.07) is 22.1. The third-order valence-corrected chi connectivity index (χ3v) is 8.92. The highest BCUT2D eigenvalue weighted by Crippen LogP contribution is 2.32. The number of halogens is 2. The normalized spacial score (nSPS) is 11.8. The van der Waals surface area contributed by atoms with Crippen molar-refractivity contribution in [2.45, 2.75) is 23.9 Å². The van der Waals surface area contributed by atoms with E-state index in [9.17, 15) is 26.8 Å². The number of amides is 2. The number of hydrogen-bond acceptors (Lipinski definition) is 6. The van der Waals surface area contributed by atoms with Gasteiger partial charge in [0.05, 0.1) is 24.8 Å². The number of nitrogens with zero attached hydrogens (tertiary/aromatic N) is 2. The van der Waals surface area contributed by atoms with Crippen LogP contribution in [0.4, 0.5) is 14.5 Å². The fourth-order valence-corrected chi connectivity index (χ4v) is 6.20. The van der Waals surface area contributed by atoms with Crippen LogP contribution >= 0.6 is 0 Å². The standard InChI is InChI=1S/C33H33F2N3O6S/c1-36-33(40)29(19-23-9-5-4-6-10-23)37(21-24-11-7-8-12-28(24)35)32(39)22-38(26-15-13-25(34)14-16-26)45(41,42)27-17-18-30(43-2)31(20-27)44-3/h4-18,20,29H,19,21-22H2,1-3H3,(H,36,40). The molecule has 4 aromatic rings. The molecule has 0 heterocycles. The minimum absolute atomic E-state index is 0.00933. The number of anilines is 1. The number of carbonyl (C=O) groups is 2. The van der Waals surface area contributed by atoms with Gasteiger partial charge in [-0.3, -0.25) is 13.9 Å². The number of sulfonamides is 1. The van der Waals surface area contributed by atoms with Crippen LogP contribution in [0.25, 0.3) is 0 Å². The SMILES string of the molecule is CNC(=O)C(Cc1ccccc1)N(Cc1ccccc1F)C(=O)CN(c1ccc(F)cc1)S(=O)(=O)c1ccc(OC)c(OC)c1. The van der Waals surface area contributed by atoms with Crippen molar-refractivity contribution < 1.29 is 36.3 Å². The second-order valence-corrected chi connectivity index (χ2v) is 11.8. The third-order valence-electron chi connectivity index (χ3n) is 7.15. The zero-order valence-electron chi connectivity index (χ0n) is 24.9. The van der Waals surface area contributed by atoms with E-state index in [0.717, 1.165) is 26.9 Å². The van der Waals surface area contributed by atoms with E-state index in [1.807, 2.05) is 0 Å². The highest BCUT2D eigenvalue weighted by molar-refractivity contribution is 7.92. The molecule has 0 aliphatic heterocycles. The van der Waals surface area contributed by atoms with Gasteiger partial charge in [-0.25, -0.2) is 17.2 Å². The number of ether oxygens (including phenoxy) is 2. The van der Waals surface area contributed by atoms with Gasteiger partial charge in [0, 0.05) is 31.6 Å². The molecule has 0 saturated carbocycles. The summed E-state index contributed by atoms with van der Waals surface area (Å²) in [5.41, 5.74) is 0.847. The van der Waals surface area contributed by atoms with Crippen LogP contribution in [0.2, 0.25) is 0 Å². The number of methoxy groups -OCH3 is 2. The van der Waals surface area contributed by atoms with Crippen LogP contribution in [-0.4, -0.2) is 59.0 Å². The van der Waals surface area contributed by atoms with Crippen LogP contribution in [0.1, 0.15) is 11.1 Å². The first-order chi connectivity index (χ1) is 21.6. The average Bonchev–Trinajstić information content (AvgIpc) is 3.06. The predicted octanol–water partition coefficient (Wildman–Crippen LogP) is 4.56. The summed E-state index contributed by atoms with van der Waals surface area (Å²) < 4.78 is 68.4. The summed E-state index contributed by atoms with van der Waals surface area (Å²) in [7, 11) is -0.326. The largest absolute Gasteiger partial charge is 0.493 e. The zero-order chi connectivity index (χ0) is 32.6. The molecule has 0 aromatic heterocycles. The van der Waals surface area contributed by atoms with Gasteiger partial charge in [-0.15, -0.1) is 0 Å². The number of hydrogen-bond donors (Lipinski definition) is 1. The molecule has 4 aromatic carbocycles. The van der Waals surface area contributed by atoms with Gasteiger partial charge in [-0.05, 0) is 48.0 Å². The summed E-state index contributed by atoms with van der Waals surface area (Å²) in [4.78, 5) is 28.5. The highest BCUT2D eigenvalue weighted by Gasteiger charge is 2.35. The third kappa shape index (κ3) is 7.76. The van der Waals surface area contributed by atoms with Gasteiger partial charge in [0.2, 0.25) is 11.8 Å². The lowest BCUT2D eigenvalue weighted by atomic mass is 10.0. The first-order valence-electron chi connectivity index (χ1n) is 13.9. The molecule has 0 aliphatic carbocycles. The average molecular weight is 638 g/mol. The van der Waals surface area contributed by atoms with E-state index >= 15 is 0 Å². The number of benzene rings is 4. The van der Waals surface area contributed by atoms with Crippen LogP contribution in [0.5, 0.6) is 11.5 Å². The molecule has 2 amide bonds. The first kappa shape index (κ1) is 32.9. The number of likely N-dealkylation sites (N-methyl/N-ethyl adjacent to an activating group) is 1. The second kappa shape index (κ2) is 14.7. The maximum absolute atomic E-state index is 14.9. The Labute approximate surface area is 261 Å². The van der Waals surface area contributed by atoms with Crippen molar-refractivity contribution in [2.75, 3.05) is 32.1 Å². The van der Waals surface area contributed by atoms with Crippen molar-refractivity contribution in [3.63, 3.8) is 0 Å². The number of carbonyl (C=O) groups excluding carboxylic acids is 2. The van der Waals surface area contributed by atoms with Gasteiger partial charge in [0.15, 0.2) is 11.5 Å². The van der Waals surface area contributed by atoms with Crippen molar-refractivity contribution in [2.24, 2.45) is 0 Å². The molecular weight excluding hydrogens is 604 g/mol. The number of rotatable bonds is 13. The molecule has 0 aliphatic rings. The van der Waals surface area contributed by atoms with Crippen molar-refractivity contribution in [3.05, 3.63) is 120 Å². The molecule has 1 N–H and O–H groups in total. The topological polar surface area (TPSA) is 105 Å². The quantitative estimate of drug-likeness (QED) is 0.231. The fraction of sp³-hybridized carbons (Fsp3) is 0.212. The Bertz CT molecular complexity index is 1740. The molecule has 45 heavy (non-hydrogen) atoms. The number of nitrogens with one attached hydrogen (secondary N) is 1. The Morgan fingerprint density at radius 3 is 2.11 bits per heavy atom. The van der Waals surface area contributed by atoms with Gasteiger partial charge in [0.25, 0.3) is 10.0 Å². The first-order valence-corrected chi connectivity index (χ1v) is 15.3. The molecular formula is C33H33F2N3O6S. The summed E-state index contributed by atoms with van der Waals surface area (Å²) in [5, 5.41) is 2.57. The van der Waals surface area contributed by atoms with Crippen LogP contribution in [-0.2, 0) is 32.6 Å². The highest BCUT2D eigenvalue weighted by atomic mass is 32.2. The lowest BCUT2D eigenvalue weighted by Gasteiger charge is -2.33. The Balaban J connectivity index is 1.81. The van der Waals surface area contributed by atoms with E-state index in [1.54, 1.807) is 36.4 Å². The van der Waals surface area contributed by atoms with Crippen molar-refractivity contribution >= 4 is 27.5 Å². The van der Waals surface area contributed by atoms with Gasteiger partial charge in [-0.1, -0.05) is 48.5 Å². The Kier molecular flexibility index (Phi) is 10.7. The molecule has 0 spiro atoms. The van der Waals surface area contributed by atoms with Gasteiger partial charge >= 0.3 is 0 Å². The summed E-state index contributed by atoms with van der Waals surface area (Å²) >= 11 is 0. The lowest BCUT2D eigenvalue weighted by Crippen LogP contribution is -2.53. The van der Waals surface area contributed by atoms with Crippen LogP contribution in [0, 0.1) is 11.6 Å². The van der Waals surface area contributed by atoms with E-state index in [2.05, 4.69) is 5.32 Å². The lowest BCUT2D eigenvalue weighted by molar-refractivity contribution is -0.139. The summed E-state index contributed by atoms with van der Waals surface area (Å²) in [6.45, 7) is -1.12. The van der Waals surface area contributed by atoms with Crippen LogP contribution < -0.4 is 19.1 Å². The van der Waals surface area contributed by atoms with Crippen molar-refractivity contribution in [1.82, 2.24) is 10.2 Å². The molecule has 1 unspecified atom stereocenters. The minimum atomic E-state index is -4.49. The van der Waals surface area contributed by atoms with Gasteiger partial charge in [-0.2, -0.15) is 0 Å². The maximum atomic E-state index is 14.9. The molecule has 9 nitrogen and oxygen atoms in total. The predicted molar refractivity (Wildman–Crippen MR) is 165 cm³/mol. The van der Waals surface area contributed by atoms with E-state index in [0.29, 0.717) is 0 Å². The zero-order valence-corrected chi connectivity index (χ0v) is 25.8. The molecule has 0 fully saturated rings. The second-order valence-electron chi connectivity index (χ2n) is 9.94. The monoisotopic (exact) mass is 637 g/mol. The molecule has 4 rings (SSSR count). The van der Waals surface area contributed by atoms with Crippen LogP contribution in [0.3, 0.4) is 0 Å². The van der Waals surface area contributed by atoms with Crippen molar-refractivity contribution in [1.29, 1.82) is 0 Å². The van der Waals surface area contributed by atoms with E-state index in [1.165, 1.54) is 69.8 Å². The molecule has 0 bridgehead atoms. The summed E-state index contributed by atoms with van der Waals surface area (Å²) in [5.74, 6) is -2.12. The molecule has 0 saturated heterocycles. The van der Waals surface area contributed by atoms with Crippen LogP contribution in [0.15, 0.2) is 102 Å². The minimum Gasteiger partial charge on any atom is -0.493 e. The fourth-order valence-electron chi connectivity index (χ4n) is 4.77. The molecule has 1 atom stereocenters. The van der Waals surface area contributed by atoms with E-state index < -0.39 is 46.1 Å². The molecule has 12 heteroatoms.